The molecule has 0 aliphatic carbocycles. The van der Waals surface area contributed by atoms with Gasteiger partial charge in [-0.15, -0.1) is 0 Å². The summed E-state index contributed by atoms with van der Waals surface area (Å²) in [7, 11) is 0. The lowest BCUT2D eigenvalue weighted by Gasteiger charge is -2.43. The van der Waals surface area contributed by atoms with Crippen LogP contribution in [0.5, 0.6) is 0 Å². The van der Waals surface area contributed by atoms with Gasteiger partial charge in [0, 0.05) is 44.3 Å². The second-order valence-corrected chi connectivity index (χ2v) is 17.8. The third-order valence-corrected chi connectivity index (χ3v) is 12.9. The molecular formula is C51H44N4. The zero-order chi connectivity index (χ0) is 37.6. The number of para-hydroxylation sites is 4. The first-order valence-corrected chi connectivity index (χ1v) is 19.6. The van der Waals surface area contributed by atoms with Gasteiger partial charge < -0.3 is 9.47 Å². The van der Waals surface area contributed by atoms with Crippen LogP contribution in [-0.2, 0) is 16.2 Å². The minimum Gasteiger partial charge on any atom is -0.310 e. The molecule has 0 spiro atoms. The first-order chi connectivity index (χ1) is 26.4. The van der Waals surface area contributed by atoms with Crippen molar-refractivity contribution in [2.24, 2.45) is 0 Å². The second-order valence-electron chi connectivity index (χ2n) is 17.8. The molecule has 9 aromatic rings. The smallest absolute Gasteiger partial charge is 0.137 e. The summed E-state index contributed by atoms with van der Waals surface area (Å²) in [6.07, 6.45) is 1.97. The van der Waals surface area contributed by atoms with Gasteiger partial charge in [0.05, 0.1) is 39.1 Å². The molecule has 0 radical (unpaired) electrons. The Balaban J connectivity index is 1.22. The van der Waals surface area contributed by atoms with Gasteiger partial charge in [-0.2, -0.15) is 0 Å². The number of hydrogen-bond donors (Lipinski definition) is 0. The van der Waals surface area contributed by atoms with E-state index in [9.17, 15) is 0 Å². The lowest BCUT2D eigenvalue weighted by atomic mass is 9.72. The molecule has 2 aliphatic rings. The molecule has 5 heterocycles. The van der Waals surface area contributed by atoms with E-state index in [0.29, 0.717) is 0 Å². The first-order valence-electron chi connectivity index (χ1n) is 19.6. The van der Waals surface area contributed by atoms with E-state index in [-0.39, 0.29) is 16.2 Å². The fourth-order valence-corrected chi connectivity index (χ4v) is 9.98. The van der Waals surface area contributed by atoms with Crippen molar-refractivity contribution in [1.82, 2.24) is 14.1 Å². The Morgan fingerprint density at radius 3 is 1.89 bits per heavy atom. The average Bonchev–Trinajstić information content (AvgIpc) is 3.69. The Morgan fingerprint density at radius 1 is 0.473 bits per heavy atom. The summed E-state index contributed by atoms with van der Waals surface area (Å²) in [5.41, 5.74) is 15.9. The maximum atomic E-state index is 5.01. The van der Waals surface area contributed by atoms with Crippen molar-refractivity contribution in [3.8, 4) is 11.5 Å². The Morgan fingerprint density at radius 2 is 1.11 bits per heavy atom. The highest BCUT2D eigenvalue weighted by atomic mass is 15.2. The molecule has 0 bridgehead atoms. The number of rotatable bonds is 2. The quantitative estimate of drug-likeness (QED) is 0.178. The highest BCUT2D eigenvalue weighted by molar-refractivity contribution is 6.13. The maximum Gasteiger partial charge on any atom is 0.137 e. The molecule has 0 saturated carbocycles. The summed E-state index contributed by atoms with van der Waals surface area (Å²) in [5, 5.41) is 5.09. The topological polar surface area (TPSA) is 26.0 Å². The monoisotopic (exact) mass is 712 g/mol. The summed E-state index contributed by atoms with van der Waals surface area (Å²) >= 11 is 0. The van der Waals surface area contributed by atoms with Gasteiger partial charge in [0.2, 0.25) is 0 Å². The average molecular weight is 713 g/mol. The van der Waals surface area contributed by atoms with E-state index in [2.05, 4.69) is 196 Å². The van der Waals surface area contributed by atoms with Gasteiger partial charge >= 0.3 is 0 Å². The number of benzene rings is 6. The fourth-order valence-electron chi connectivity index (χ4n) is 9.98. The minimum absolute atomic E-state index is 0.00169. The summed E-state index contributed by atoms with van der Waals surface area (Å²) in [6, 6.07) is 50.1. The third-order valence-electron chi connectivity index (χ3n) is 12.9. The molecule has 0 N–H and O–H groups in total. The lowest BCUT2D eigenvalue weighted by molar-refractivity contribution is 0.588. The van der Waals surface area contributed by atoms with Crippen LogP contribution in [0.25, 0.3) is 55.1 Å². The standard InChI is InChI=1S/C51H44N4/c1-49(2,3)31-25-26-52-47(27-31)54-41-20-11-9-16-34(41)36-29-40-46(30-44(36)54)53(43-22-13-10-18-37(43)51(40,6)7)32-23-24-38-45(28-32)55-42-21-12-8-15-33(42)35-17-14-19-39(48(35)55)50(38,4)5/h8-30H,1-7H3. The normalized spacial score (nSPS) is 15.4. The van der Waals surface area contributed by atoms with E-state index >= 15 is 0 Å². The Kier molecular flexibility index (Phi) is 6.32. The Bertz CT molecular complexity index is 3090. The number of fused-ring (bicyclic) bond motifs is 10. The van der Waals surface area contributed by atoms with Gasteiger partial charge in [0.15, 0.2) is 0 Å². The van der Waals surface area contributed by atoms with Gasteiger partial charge in [-0.05, 0) is 87.8 Å². The van der Waals surface area contributed by atoms with Gasteiger partial charge in [-0.3, -0.25) is 4.57 Å². The van der Waals surface area contributed by atoms with Crippen molar-refractivity contribution in [1.29, 1.82) is 0 Å². The van der Waals surface area contributed by atoms with E-state index in [1.807, 2.05) is 6.20 Å². The van der Waals surface area contributed by atoms with Crippen LogP contribution < -0.4 is 4.90 Å². The molecule has 0 unspecified atom stereocenters. The summed E-state index contributed by atoms with van der Waals surface area (Å²) < 4.78 is 4.90. The highest BCUT2D eigenvalue weighted by Crippen LogP contribution is 2.55. The maximum absolute atomic E-state index is 5.01. The zero-order valence-electron chi connectivity index (χ0n) is 32.6. The van der Waals surface area contributed by atoms with Crippen LogP contribution in [0, 0.1) is 0 Å². The van der Waals surface area contributed by atoms with Crippen molar-refractivity contribution in [3.63, 3.8) is 0 Å². The fraction of sp³-hybridized carbons (Fsp3) is 0.196. The number of anilines is 3. The zero-order valence-corrected chi connectivity index (χ0v) is 32.6. The van der Waals surface area contributed by atoms with Crippen LogP contribution in [0.2, 0.25) is 0 Å². The van der Waals surface area contributed by atoms with Gasteiger partial charge in [-0.25, -0.2) is 4.98 Å². The van der Waals surface area contributed by atoms with Crippen LogP contribution in [0.4, 0.5) is 17.1 Å². The minimum atomic E-state index is -0.234. The lowest BCUT2D eigenvalue weighted by Crippen LogP contribution is -2.31. The van der Waals surface area contributed by atoms with Crippen LogP contribution in [0.3, 0.4) is 0 Å². The Labute approximate surface area is 322 Å². The molecule has 268 valence electrons. The predicted molar refractivity (Wildman–Crippen MR) is 231 cm³/mol. The first kappa shape index (κ1) is 32.3. The van der Waals surface area contributed by atoms with Gasteiger partial charge in [-0.1, -0.05) is 127 Å². The Hall–Kier alpha value is -6.13. The van der Waals surface area contributed by atoms with E-state index in [4.69, 9.17) is 4.98 Å². The van der Waals surface area contributed by atoms with Gasteiger partial charge in [0.1, 0.15) is 5.82 Å². The van der Waals surface area contributed by atoms with Crippen molar-refractivity contribution in [3.05, 3.63) is 167 Å². The summed E-state index contributed by atoms with van der Waals surface area (Å²) in [5.74, 6) is 0.943. The molecule has 4 nitrogen and oxygen atoms in total. The number of nitrogens with zero attached hydrogens (tertiary/aromatic N) is 4. The molecule has 2 aliphatic heterocycles. The SMILES string of the molecule is CC(C)(C)c1ccnc(-n2c3ccccc3c3cc4c(cc32)N(c2ccc3c(c2)-n2c5ccccc5c5cccc(c52)C3(C)C)c2ccccc2C4(C)C)c1. The van der Waals surface area contributed by atoms with E-state index in [1.54, 1.807) is 0 Å². The largest absolute Gasteiger partial charge is 0.310 e. The van der Waals surface area contributed by atoms with Crippen molar-refractivity contribution < 1.29 is 0 Å². The molecule has 55 heavy (non-hydrogen) atoms. The molecule has 4 heteroatoms. The van der Waals surface area contributed by atoms with E-state index in [0.717, 1.165) is 17.0 Å². The molecule has 0 fully saturated rings. The summed E-state index contributed by atoms with van der Waals surface area (Å²) in [4.78, 5) is 7.54. The van der Waals surface area contributed by atoms with Gasteiger partial charge in [0.25, 0.3) is 0 Å². The van der Waals surface area contributed by atoms with E-state index < -0.39 is 0 Å². The molecule has 6 aromatic carbocycles. The highest BCUT2D eigenvalue weighted by Gasteiger charge is 2.40. The van der Waals surface area contributed by atoms with Crippen molar-refractivity contribution >= 4 is 60.7 Å². The number of aromatic nitrogens is 3. The summed E-state index contributed by atoms with van der Waals surface area (Å²) in [6.45, 7) is 16.3. The van der Waals surface area contributed by atoms with Crippen molar-refractivity contribution in [2.45, 2.75) is 64.7 Å². The number of pyridine rings is 1. The molecule has 11 rings (SSSR count). The molecule has 0 atom stereocenters. The molecule has 0 amide bonds. The van der Waals surface area contributed by atoms with Crippen LogP contribution in [0.15, 0.2) is 140 Å². The van der Waals surface area contributed by atoms with Crippen molar-refractivity contribution in [2.75, 3.05) is 4.90 Å². The van der Waals surface area contributed by atoms with Crippen LogP contribution >= 0.6 is 0 Å². The third kappa shape index (κ3) is 4.25. The van der Waals surface area contributed by atoms with Crippen LogP contribution in [0.1, 0.15) is 76.3 Å². The van der Waals surface area contributed by atoms with E-state index in [1.165, 1.54) is 83.0 Å². The number of hydrogen-bond acceptors (Lipinski definition) is 2. The molecule has 3 aromatic heterocycles. The molecule has 0 saturated heterocycles. The predicted octanol–water partition coefficient (Wildman–Crippen LogP) is 13.3. The second kappa shape index (κ2) is 10.8. The molecular weight excluding hydrogens is 669 g/mol. The van der Waals surface area contributed by atoms with Crippen LogP contribution in [-0.4, -0.2) is 14.1 Å².